The van der Waals surface area contributed by atoms with Crippen molar-refractivity contribution < 1.29 is 84.3 Å². The minimum Gasteiger partial charge on any atom is -0.508 e. The van der Waals surface area contributed by atoms with Gasteiger partial charge >= 0.3 is 11.9 Å². The van der Waals surface area contributed by atoms with Gasteiger partial charge in [-0.05, 0) is 50.2 Å². The Hall–Kier alpha value is -4.24. The topological polar surface area (TPSA) is 283 Å². The highest BCUT2D eigenvalue weighted by atomic mass is 16.7. The minimum atomic E-state index is -1.91. The third kappa shape index (κ3) is 16.5. The van der Waals surface area contributed by atoms with Crippen LogP contribution in [0.1, 0.15) is 82.4 Å². The first-order valence-electron chi connectivity index (χ1n) is 20.9. The number of benzene rings is 1. The molecule has 3 rings (SSSR count). The molecular weight excluding hydrogens is 812 g/mol. The fourth-order valence-electron chi connectivity index (χ4n) is 6.68. The van der Waals surface area contributed by atoms with Gasteiger partial charge in [0.25, 0.3) is 0 Å². The van der Waals surface area contributed by atoms with Crippen LogP contribution >= 0.6 is 0 Å². The van der Waals surface area contributed by atoms with E-state index in [1.165, 1.54) is 18.2 Å². The molecule has 0 amide bonds. The van der Waals surface area contributed by atoms with E-state index in [-0.39, 0.29) is 17.5 Å². The van der Waals surface area contributed by atoms with Crippen molar-refractivity contribution in [2.24, 2.45) is 0 Å². The fraction of sp³-hybridized carbons (Fsp3) is 0.556. The van der Waals surface area contributed by atoms with E-state index in [0.29, 0.717) is 19.3 Å². The number of hydrogen-bond donors (Lipinski definition) is 10. The molecular formula is C45H64O17. The number of rotatable bonds is 25. The number of aliphatic hydroxyl groups is 8. The Labute approximate surface area is 361 Å². The molecule has 0 spiro atoms. The van der Waals surface area contributed by atoms with Gasteiger partial charge in [0, 0.05) is 23.8 Å². The molecule has 0 aliphatic carbocycles. The Morgan fingerprint density at radius 1 is 0.806 bits per heavy atom. The number of phenolic OH excluding ortho intramolecular Hbond substituents is 2. The zero-order chi connectivity index (χ0) is 45.6. The van der Waals surface area contributed by atoms with Crippen molar-refractivity contribution in [3.05, 3.63) is 96.2 Å². The van der Waals surface area contributed by atoms with Crippen LogP contribution in [0.15, 0.2) is 85.0 Å². The van der Waals surface area contributed by atoms with Gasteiger partial charge in [-0.15, -0.1) is 0 Å². The number of aromatic hydroxyl groups is 2. The predicted molar refractivity (Wildman–Crippen MR) is 224 cm³/mol. The predicted octanol–water partition coefficient (Wildman–Crippen LogP) is 2.25. The van der Waals surface area contributed by atoms with E-state index in [1.807, 2.05) is 19.1 Å². The average molecular weight is 877 g/mol. The molecule has 17 heteroatoms. The van der Waals surface area contributed by atoms with Crippen LogP contribution in [0.5, 0.6) is 11.5 Å². The summed E-state index contributed by atoms with van der Waals surface area (Å²) in [6.07, 6.45) is 6.51. The molecule has 0 aromatic heterocycles. The molecule has 2 heterocycles. The number of ether oxygens (including phenoxy) is 5. The summed E-state index contributed by atoms with van der Waals surface area (Å²) >= 11 is 0. The third-order valence-corrected chi connectivity index (χ3v) is 10.1. The van der Waals surface area contributed by atoms with Crippen molar-refractivity contribution in [2.75, 3.05) is 13.2 Å². The molecule has 0 saturated carbocycles. The van der Waals surface area contributed by atoms with Gasteiger partial charge in [-0.3, -0.25) is 0 Å². The maximum Gasteiger partial charge on any atom is 0.331 e. The number of unbranched alkanes of at least 4 members (excludes halogenated alkanes) is 3. The van der Waals surface area contributed by atoms with Crippen molar-refractivity contribution >= 4 is 11.9 Å². The SMILES string of the molecule is CCCCC/C=C/C=C/C(O)C/C=C/C=C/C(=O)O[C@@H]1[C@@H](O)[C@H](c2c(O)cc(O)cc2CO)O[C@H](CO)[C@H]1O[C@@H]1O[C@@H]([C@H](O)COC(=O)/C=C/C=C\CCC(O)CC)[C@H](O)[C@H]1O. The lowest BCUT2D eigenvalue weighted by Gasteiger charge is -2.44. The molecule has 2 aliphatic heterocycles. The summed E-state index contributed by atoms with van der Waals surface area (Å²) in [6, 6.07) is 2.04. The maximum atomic E-state index is 13.2. The second kappa shape index (κ2) is 27.7. The van der Waals surface area contributed by atoms with Gasteiger partial charge in [-0.2, -0.15) is 0 Å². The summed E-state index contributed by atoms with van der Waals surface area (Å²) < 4.78 is 28.2. The molecule has 17 nitrogen and oxygen atoms in total. The van der Waals surface area contributed by atoms with E-state index in [2.05, 4.69) is 6.92 Å². The van der Waals surface area contributed by atoms with Gasteiger partial charge in [0.1, 0.15) is 66.9 Å². The van der Waals surface area contributed by atoms with E-state index in [0.717, 1.165) is 50.0 Å². The zero-order valence-corrected chi connectivity index (χ0v) is 35.1. The summed E-state index contributed by atoms with van der Waals surface area (Å²) in [4.78, 5) is 25.4. The summed E-state index contributed by atoms with van der Waals surface area (Å²) in [5.41, 5.74) is -0.264. The van der Waals surface area contributed by atoms with Crippen LogP contribution in [0.4, 0.5) is 0 Å². The minimum absolute atomic E-state index is 0.0666. The Morgan fingerprint density at radius 3 is 2.19 bits per heavy atom. The average Bonchev–Trinajstić information content (AvgIpc) is 3.53. The van der Waals surface area contributed by atoms with Crippen LogP contribution in [0.3, 0.4) is 0 Å². The van der Waals surface area contributed by atoms with E-state index in [4.69, 9.17) is 23.7 Å². The number of phenols is 2. The van der Waals surface area contributed by atoms with Gasteiger partial charge in [0.05, 0.1) is 25.4 Å². The van der Waals surface area contributed by atoms with E-state index in [1.54, 1.807) is 30.4 Å². The van der Waals surface area contributed by atoms with Crippen LogP contribution in [0, 0.1) is 0 Å². The Kier molecular flexibility index (Phi) is 23.3. The monoisotopic (exact) mass is 876 g/mol. The zero-order valence-electron chi connectivity index (χ0n) is 35.1. The number of carbonyl (C=O) groups is 2. The molecule has 10 N–H and O–H groups in total. The van der Waals surface area contributed by atoms with Gasteiger partial charge in [0.15, 0.2) is 12.4 Å². The number of hydrogen-bond acceptors (Lipinski definition) is 17. The summed E-state index contributed by atoms with van der Waals surface area (Å²) in [5, 5.41) is 105. The number of aliphatic hydroxyl groups excluding tert-OH is 8. The smallest absolute Gasteiger partial charge is 0.331 e. The van der Waals surface area contributed by atoms with Gasteiger partial charge in [-0.1, -0.05) is 87.4 Å². The highest BCUT2D eigenvalue weighted by Gasteiger charge is 2.54. The maximum absolute atomic E-state index is 13.2. The van der Waals surface area contributed by atoms with Crippen LogP contribution < -0.4 is 0 Å². The molecule has 62 heavy (non-hydrogen) atoms. The molecule has 2 fully saturated rings. The van der Waals surface area contributed by atoms with Crippen LogP contribution in [0.25, 0.3) is 0 Å². The first kappa shape index (κ1) is 52.1. The molecule has 2 aliphatic rings. The molecule has 1 aromatic carbocycles. The Morgan fingerprint density at radius 2 is 1.50 bits per heavy atom. The molecule has 0 bridgehead atoms. The fourth-order valence-corrected chi connectivity index (χ4v) is 6.68. The summed E-state index contributed by atoms with van der Waals surface area (Å²) in [6.45, 7) is 1.73. The highest BCUT2D eigenvalue weighted by molar-refractivity contribution is 5.82. The number of esters is 2. The second-order valence-corrected chi connectivity index (χ2v) is 14.9. The summed E-state index contributed by atoms with van der Waals surface area (Å²) in [7, 11) is 0. The number of allylic oxidation sites excluding steroid dienone is 8. The van der Waals surface area contributed by atoms with E-state index < -0.39 is 117 Å². The lowest BCUT2D eigenvalue weighted by molar-refractivity contribution is -0.294. The van der Waals surface area contributed by atoms with E-state index >= 15 is 0 Å². The Bertz CT molecular complexity index is 1690. The molecule has 2 unspecified atom stereocenters. The molecule has 1 aromatic rings. The summed E-state index contributed by atoms with van der Waals surface area (Å²) in [5.74, 6) is -2.88. The van der Waals surface area contributed by atoms with Gasteiger partial charge < -0.3 is 74.7 Å². The second-order valence-electron chi connectivity index (χ2n) is 14.9. The normalized spacial score (nSPS) is 27.4. The third-order valence-electron chi connectivity index (χ3n) is 10.1. The van der Waals surface area contributed by atoms with Crippen molar-refractivity contribution in [1.29, 1.82) is 0 Å². The van der Waals surface area contributed by atoms with Crippen molar-refractivity contribution in [3.8, 4) is 11.5 Å². The molecule has 0 radical (unpaired) electrons. The first-order valence-corrected chi connectivity index (χ1v) is 20.9. The van der Waals surface area contributed by atoms with E-state index in [9.17, 15) is 60.7 Å². The first-order chi connectivity index (χ1) is 29.8. The van der Waals surface area contributed by atoms with Crippen LogP contribution in [-0.2, 0) is 39.9 Å². The van der Waals surface area contributed by atoms with Crippen molar-refractivity contribution in [2.45, 2.75) is 145 Å². The van der Waals surface area contributed by atoms with Gasteiger partial charge in [0.2, 0.25) is 0 Å². The Balaban J connectivity index is 1.74. The lowest BCUT2D eigenvalue weighted by Crippen LogP contribution is -2.59. The molecule has 2 saturated heterocycles. The van der Waals surface area contributed by atoms with Crippen molar-refractivity contribution in [1.82, 2.24) is 0 Å². The quantitative estimate of drug-likeness (QED) is 0.0292. The van der Waals surface area contributed by atoms with Crippen LogP contribution in [0.2, 0.25) is 0 Å². The lowest BCUT2D eigenvalue weighted by atomic mass is 9.88. The number of carbonyl (C=O) groups excluding carboxylic acids is 2. The molecule has 12 atom stereocenters. The van der Waals surface area contributed by atoms with Crippen molar-refractivity contribution in [3.63, 3.8) is 0 Å². The van der Waals surface area contributed by atoms with Crippen LogP contribution in [-0.4, -0.2) is 144 Å². The van der Waals surface area contributed by atoms with Gasteiger partial charge in [-0.25, -0.2) is 9.59 Å². The largest absolute Gasteiger partial charge is 0.508 e. The highest BCUT2D eigenvalue weighted by Crippen LogP contribution is 2.42. The standard InChI is InChI=1S/C45H64O17/c1-3-5-6-7-8-9-14-19-30(49)20-15-12-17-22-36(54)60-44-40(57)43(37-28(25-46)23-31(50)24-32(37)51)59-34(26-47)42(44)62-45-39(56)38(55)41(61-45)33(52)27-58-35(53)21-16-11-10-13-18-29(48)4-2/h8-12,14-17,19,21-24,29-30,33-34,38-52,55-57H,3-7,13,18,20,25-27H2,1-2H3/b9-8+,11-10-,15-12+,19-14+,21-16+,22-17+/t29?,30?,33-,34-,38-,39-,40+,41+,42-,43+,44-,45+/m1/s1. The molecule has 346 valence electrons.